The molecule has 118 valence electrons. The van der Waals surface area contributed by atoms with Gasteiger partial charge in [-0.1, -0.05) is 23.2 Å². The van der Waals surface area contributed by atoms with E-state index in [-0.39, 0.29) is 15.7 Å². The van der Waals surface area contributed by atoms with Crippen LogP contribution in [0, 0.1) is 0 Å². The number of alkyl halides is 3. The molecule has 0 aromatic heterocycles. The normalized spacial score (nSPS) is 12.4. The van der Waals surface area contributed by atoms with Crippen molar-refractivity contribution < 1.29 is 18.0 Å². The molecule has 3 nitrogen and oxygen atoms in total. The van der Waals surface area contributed by atoms with Gasteiger partial charge in [-0.15, -0.1) is 11.8 Å². The summed E-state index contributed by atoms with van der Waals surface area (Å²) in [5, 5.41) is -0.00780. The summed E-state index contributed by atoms with van der Waals surface area (Å²) in [6.45, 7) is 3.26. The van der Waals surface area contributed by atoms with E-state index in [9.17, 15) is 18.0 Å². The molecule has 0 aliphatic rings. The summed E-state index contributed by atoms with van der Waals surface area (Å²) in [5.41, 5.74) is -1.16. The monoisotopic (exact) mass is 360 g/mol. The fourth-order valence-electron chi connectivity index (χ4n) is 1.44. The maximum atomic E-state index is 12.7. The maximum absolute atomic E-state index is 12.7. The molecule has 1 amide bonds. The molecular weight excluding hydrogens is 348 g/mol. The lowest BCUT2D eigenvalue weighted by molar-refractivity contribution is -0.137. The predicted octanol–water partition coefficient (Wildman–Crippen LogP) is 4.36. The lowest BCUT2D eigenvalue weighted by Gasteiger charge is -2.28. The fraction of sp³-hybridized carbons (Fsp3) is 0.417. The van der Waals surface area contributed by atoms with Crippen molar-refractivity contribution in [1.29, 1.82) is 0 Å². The van der Waals surface area contributed by atoms with Crippen molar-refractivity contribution in [1.82, 2.24) is 0 Å². The van der Waals surface area contributed by atoms with Gasteiger partial charge in [0.15, 0.2) is 0 Å². The molecule has 1 rings (SSSR count). The van der Waals surface area contributed by atoms with Crippen LogP contribution in [-0.2, 0) is 11.0 Å². The van der Waals surface area contributed by atoms with Crippen LogP contribution in [0.4, 0.5) is 18.9 Å². The van der Waals surface area contributed by atoms with Crippen LogP contribution in [0.1, 0.15) is 19.4 Å². The minimum atomic E-state index is -4.59. The van der Waals surface area contributed by atoms with Gasteiger partial charge in [-0.25, -0.2) is 10.9 Å². The Morgan fingerprint density at radius 3 is 2.00 bits per heavy atom. The number of benzene rings is 1. The maximum Gasteiger partial charge on any atom is 0.416 e. The van der Waals surface area contributed by atoms with E-state index in [1.165, 1.54) is 11.8 Å². The highest BCUT2D eigenvalue weighted by Crippen LogP contribution is 2.40. The molecule has 0 fully saturated rings. The molecule has 0 bridgehead atoms. The molecule has 0 aliphatic carbocycles. The van der Waals surface area contributed by atoms with Crippen molar-refractivity contribution in [3.05, 3.63) is 27.7 Å². The quantitative estimate of drug-likeness (QED) is 0.494. The van der Waals surface area contributed by atoms with Crippen molar-refractivity contribution in [3.63, 3.8) is 0 Å². The zero-order chi connectivity index (χ0) is 16.6. The summed E-state index contributed by atoms with van der Waals surface area (Å²) in [6.07, 6.45) is -2.88. The first kappa shape index (κ1) is 18.4. The Bertz CT molecular complexity index is 541. The van der Waals surface area contributed by atoms with Crippen molar-refractivity contribution in [3.8, 4) is 0 Å². The minimum Gasteiger partial charge on any atom is -0.271 e. The SMILES string of the molecule is CSC(C)(C)C(=O)N(N)c1c(Cl)cc(C(F)(F)F)cc1Cl. The Morgan fingerprint density at radius 2 is 1.67 bits per heavy atom. The third kappa shape index (κ3) is 3.97. The highest BCUT2D eigenvalue weighted by molar-refractivity contribution is 8.00. The molecule has 0 atom stereocenters. The Morgan fingerprint density at radius 1 is 1.24 bits per heavy atom. The van der Waals surface area contributed by atoms with Gasteiger partial charge in [0, 0.05) is 0 Å². The number of thioether (sulfide) groups is 1. The molecule has 0 saturated heterocycles. The Kier molecular flexibility index (Phi) is 5.47. The van der Waals surface area contributed by atoms with Crippen LogP contribution in [0.2, 0.25) is 10.0 Å². The molecule has 0 saturated carbocycles. The smallest absolute Gasteiger partial charge is 0.271 e. The zero-order valence-electron chi connectivity index (χ0n) is 11.4. The van der Waals surface area contributed by atoms with Crippen LogP contribution in [0.5, 0.6) is 0 Å². The van der Waals surface area contributed by atoms with Gasteiger partial charge < -0.3 is 0 Å². The van der Waals surface area contributed by atoms with E-state index in [0.29, 0.717) is 17.1 Å². The number of hydrazine groups is 1. The summed E-state index contributed by atoms with van der Waals surface area (Å²) in [4.78, 5) is 12.2. The average molecular weight is 361 g/mol. The van der Waals surface area contributed by atoms with E-state index < -0.39 is 22.4 Å². The lowest BCUT2D eigenvalue weighted by Crippen LogP contribution is -2.47. The molecule has 9 heteroatoms. The van der Waals surface area contributed by atoms with E-state index in [0.717, 1.165) is 0 Å². The van der Waals surface area contributed by atoms with Gasteiger partial charge in [0.2, 0.25) is 0 Å². The molecule has 0 heterocycles. The van der Waals surface area contributed by atoms with E-state index in [4.69, 9.17) is 29.0 Å². The highest BCUT2D eigenvalue weighted by atomic mass is 35.5. The van der Waals surface area contributed by atoms with E-state index in [2.05, 4.69) is 0 Å². The van der Waals surface area contributed by atoms with Gasteiger partial charge in [-0.05, 0) is 32.2 Å². The molecule has 1 aromatic carbocycles. The van der Waals surface area contributed by atoms with E-state index >= 15 is 0 Å². The fourth-order valence-corrected chi connectivity index (χ4v) is 2.38. The molecule has 0 spiro atoms. The number of hydrogen-bond donors (Lipinski definition) is 1. The first-order chi connectivity index (χ1) is 9.41. The first-order valence-corrected chi connectivity index (χ1v) is 7.60. The Labute approximate surface area is 134 Å². The molecule has 21 heavy (non-hydrogen) atoms. The molecular formula is C12H13Cl2F3N2OS. The van der Waals surface area contributed by atoms with Gasteiger partial charge in [-0.3, -0.25) is 4.79 Å². The number of halogens is 5. The second kappa shape index (κ2) is 6.24. The van der Waals surface area contributed by atoms with Gasteiger partial charge in [-0.2, -0.15) is 13.2 Å². The predicted molar refractivity (Wildman–Crippen MR) is 80.7 cm³/mol. The van der Waals surface area contributed by atoms with Gasteiger partial charge in [0.05, 0.1) is 26.0 Å². The summed E-state index contributed by atoms with van der Waals surface area (Å²) < 4.78 is 37.1. The number of amides is 1. The number of carbonyl (C=O) groups excluding carboxylic acids is 1. The number of rotatable bonds is 3. The third-order valence-corrected chi connectivity index (χ3v) is 4.60. The number of anilines is 1. The second-order valence-corrected chi connectivity index (χ2v) is 6.92. The van der Waals surface area contributed by atoms with Crippen molar-refractivity contribution >= 4 is 46.6 Å². The summed E-state index contributed by atoms with van der Waals surface area (Å²) >= 11 is 12.9. The van der Waals surface area contributed by atoms with E-state index in [1.54, 1.807) is 20.1 Å². The number of hydrogen-bond acceptors (Lipinski definition) is 3. The Hall–Kier alpha value is -0.630. The summed E-state index contributed by atoms with van der Waals surface area (Å²) in [6, 6.07) is 1.37. The standard InChI is InChI=1S/C12H13Cl2F3N2OS/c1-11(2,21-3)10(20)19(18)9-7(13)4-6(5-8(9)14)12(15,16)17/h4-5H,18H2,1-3H3. The largest absolute Gasteiger partial charge is 0.416 e. The summed E-state index contributed by atoms with van der Waals surface area (Å²) in [7, 11) is 0. The molecule has 0 radical (unpaired) electrons. The van der Waals surface area contributed by atoms with Crippen molar-refractivity contribution in [2.24, 2.45) is 5.84 Å². The molecule has 1 aromatic rings. The molecule has 0 aliphatic heterocycles. The molecule has 2 N–H and O–H groups in total. The van der Waals surface area contributed by atoms with Crippen molar-refractivity contribution in [2.75, 3.05) is 11.3 Å². The lowest BCUT2D eigenvalue weighted by atomic mass is 10.1. The highest BCUT2D eigenvalue weighted by Gasteiger charge is 2.35. The number of nitrogens with two attached hydrogens (primary N) is 1. The van der Waals surface area contributed by atoms with Crippen LogP contribution in [0.25, 0.3) is 0 Å². The second-order valence-electron chi connectivity index (χ2n) is 4.68. The van der Waals surface area contributed by atoms with Crippen LogP contribution in [0.3, 0.4) is 0 Å². The van der Waals surface area contributed by atoms with Gasteiger partial charge >= 0.3 is 6.18 Å². The van der Waals surface area contributed by atoms with Crippen LogP contribution < -0.4 is 10.9 Å². The van der Waals surface area contributed by atoms with Crippen LogP contribution >= 0.6 is 35.0 Å². The van der Waals surface area contributed by atoms with Gasteiger partial charge in [0.25, 0.3) is 5.91 Å². The topological polar surface area (TPSA) is 46.3 Å². The Balaban J connectivity index is 3.30. The minimum absolute atomic E-state index is 0.154. The number of nitrogens with zero attached hydrogens (tertiary/aromatic N) is 1. The van der Waals surface area contributed by atoms with E-state index in [1.807, 2.05) is 0 Å². The number of carbonyl (C=O) groups is 1. The van der Waals surface area contributed by atoms with Crippen LogP contribution in [-0.4, -0.2) is 16.9 Å². The first-order valence-electron chi connectivity index (χ1n) is 5.62. The van der Waals surface area contributed by atoms with Gasteiger partial charge in [0.1, 0.15) is 0 Å². The summed E-state index contributed by atoms with van der Waals surface area (Å²) in [5.74, 6) is 5.15. The molecule has 0 unspecified atom stereocenters. The third-order valence-electron chi connectivity index (χ3n) is 2.83. The average Bonchev–Trinajstić information content (AvgIpc) is 2.35. The van der Waals surface area contributed by atoms with Crippen LogP contribution in [0.15, 0.2) is 12.1 Å². The van der Waals surface area contributed by atoms with Crippen molar-refractivity contribution in [2.45, 2.75) is 24.8 Å². The zero-order valence-corrected chi connectivity index (χ0v) is 13.7.